The van der Waals surface area contributed by atoms with Gasteiger partial charge in [0.25, 0.3) is 0 Å². The number of rotatable bonds is 13. The van der Waals surface area contributed by atoms with Crippen molar-refractivity contribution < 1.29 is 26.8 Å². The maximum Gasteiger partial charge on any atom is 0.192 e. The Balaban J connectivity index is 2.23. The molecular weight excluding hydrogens is 545 g/mol. The number of hydrogen-bond acceptors (Lipinski definition) is 6. The average molecular weight is 599 g/mol. The zero-order valence-corrected chi connectivity index (χ0v) is 29.1. The summed E-state index contributed by atoms with van der Waals surface area (Å²) >= 11 is 0. The second-order valence-corrected chi connectivity index (χ2v) is 25.9. The van der Waals surface area contributed by atoms with E-state index >= 15 is 0 Å². The predicted molar refractivity (Wildman–Crippen MR) is 165 cm³/mol. The second kappa shape index (κ2) is 13.0. The third-order valence-corrected chi connectivity index (χ3v) is 20.0. The molecule has 1 aromatic carbocycles. The summed E-state index contributed by atoms with van der Waals surface area (Å²) in [5, 5.41) is 0.130. The van der Waals surface area contributed by atoms with Crippen LogP contribution in [0.5, 0.6) is 0 Å². The van der Waals surface area contributed by atoms with Crippen molar-refractivity contribution in [2.75, 3.05) is 12.4 Å². The first-order valence-electron chi connectivity index (χ1n) is 14.4. The highest BCUT2D eigenvalue weighted by molar-refractivity contribution is 7.91. The molecule has 2 rings (SSSR count). The summed E-state index contributed by atoms with van der Waals surface area (Å²) in [4.78, 5) is 11.8. The van der Waals surface area contributed by atoms with Crippen LogP contribution in [0.4, 0.5) is 0 Å². The monoisotopic (exact) mass is 598 g/mol. The molecule has 1 aliphatic rings. The van der Waals surface area contributed by atoms with Crippen LogP contribution >= 0.6 is 0 Å². The lowest BCUT2D eigenvalue weighted by atomic mass is 9.98. The third-order valence-electron chi connectivity index (χ3n) is 9.14. The van der Waals surface area contributed by atoms with Gasteiger partial charge in [-0.3, -0.25) is 0 Å². The summed E-state index contributed by atoms with van der Waals surface area (Å²) in [5.74, 6) is -0.271. The molecule has 0 spiro atoms. The fraction of sp³-hybridized carbons (Fsp3) is 0.767. The molecule has 0 aliphatic carbocycles. The normalized spacial score (nSPS) is 22.2. The van der Waals surface area contributed by atoms with Crippen molar-refractivity contribution in [3.63, 3.8) is 0 Å². The maximum atomic E-state index is 13.3. The lowest BCUT2D eigenvalue weighted by Gasteiger charge is -2.42. The SMILES string of the molecule is CCc1ccc(S(=O)(=O)C[C@@H]2C[C@@H](CC(CO[Si](C)(C)C(C)(C)C)O[Si](C)(C)C(C)(C)C)O[C@H]2CC=O)cc1. The van der Waals surface area contributed by atoms with Crippen molar-refractivity contribution in [2.45, 2.75) is 134 Å². The number of hydrogen-bond donors (Lipinski definition) is 0. The molecule has 1 fully saturated rings. The Kier molecular flexibility index (Phi) is 11.4. The minimum Gasteiger partial charge on any atom is -0.414 e. The lowest BCUT2D eigenvalue weighted by Crippen LogP contribution is -2.48. The van der Waals surface area contributed by atoms with Crippen molar-refractivity contribution in [1.82, 2.24) is 0 Å². The largest absolute Gasteiger partial charge is 0.414 e. The van der Waals surface area contributed by atoms with Gasteiger partial charge >= 0.3 is 0 Å². The molecule has 0 N–H and O–H groups in total. The van der Waals surface area contributed by atoms with Gasteiger partial charge in [0, 0.05) is 18.8 Å². The van der Waals surface area contributed by atoms with Gasteiger partial charge in [-0.25, -0.2) is 8.42 Å². The van der Waals surface area contributed by atoms with Gasteiger partial charge in [0.1, 0.15) is 6.29 Å². The Morgan fingerprint density at radius 3 is 2.05 bits per heavy atom. The molecule has 4 atom stereocenters. The second-order valence-electron chi connectivity index (χ2n) is 14.3. The van der Waals surface area contributed by atoms with Crippen LogP contribution in [0.25, 0.3) is 0 Å². The van der Waals surface area contributed by atoms with Crippen molar-refractivity contribution in [3.8, 4) is 0 Å². The van der Waals surface area contributed by atoms with E-state index < -0.39 is 32.6 Å². The van der Waals surface area contributed by atoms with Gasteiger partial charge in [-0.2, -0.15) is 0 Å². The summed E-state index contributed by atoms with van der Waals surface area (Å²) in [7, 11) is -7.59. The molecule has 1 aromatic rings. The molecule has 0 amide bonds. The highest BCUT2D eigenvalue weighted by atomic mass is 32.2. The van der Waals surface area contributed by atoms with Gasteiger partial charge in [0.05, 0.1) is 35.6 Å². The van der Waals surface area contributed by atoms with Gasteiger partial charge in [0.2, 0.25) is 0 Å². The fourth-order valence-electron chi connectivity index (χ4n) is 4.44. The van der Waals surface area contributed by atoms with Gasteiger partial charge in [0.15, 0.2) is 26.5 Å². The fourth-order valence-corrected chi connectivity index (χ4v) is 8.48. The quantitative estimate of drug-likeness (QED) is 0.177. The Labute approximate surface area is 240 Å². The van der Waals surface area contributed by atoms with Crippen LogP contribution in [-0.2, 0) is 34.6 Å². The van der Waals surface area contributed by atoms with E-state index in [0.717, 1.165) is 18.3 Å². The van der Waals surface area contributed by atoms with Crippen LogP contribution in [0, 0.1) is 5.92 Å². The summed E-state index contributed by atoms with van der Waals surface area (Å²) in [6.45, 7) is 24.9. The van der Waals surface area contributed by atoms with E-state index in [4.69, 9.17) is 13.6 Å². The molecule has 1 heterocycles. The molecule has 0 saturated carbocycles. The van der Waals surface area contributed by atoms with Crippen molar-refractivity contribution in [3.05, 3.63) is 29.8 Å². The standard InChI is InChI=1S/C30H54O6SSi2/c1-12-23-13-15-27(16-14-23)37(32,33)22-24-19-25(35-28(24)17-18-31)20-26(36-39(10,11)30(5,6)7)21-34-38(8,9)29(2,3)4/h13-16,18,24-26,28H,12,17,19-22H2,1-11H3/t24-,25-,26?,28-/m0/s1. The van der Waals surface area contributed by atoms with Gasteiger partial charge in [-0.05, 0) is 66.8 Å². The van der Waals surface area contributed by atoms with E-state index in [1.54, 1.807) is 12.1 Å². The van der Waals surface area contributed by atoms with Crippen LogP contribution in [0.15, 0.2) is 29.2 Å². The van der Waals surface area contributed by atoms with Crippen LogP contribution in [0.2, 0.25) is 36.3 Å². The Morgan fingerprint density at radius 1 is 1.00 bits per heavy atom. The molecule has 224 valence electrons. The summed E-state index contributed by atoms with van der Waals surface area (Å²) < 4.78 is 46.4. The maximum absolute atomic E-state index is 13.3. The molecule has 1 unspecified atom stereocenters. The minimum atomic E-state index is -3.51. The van der Waals surface area contributed by atoms with E-state index in [9.17, 15) is 13.2 Å². The zero-order chi connectivity index (χ0) is 29.9. The molecular formula is C30H54O6SSi2. The number of aldehydes is 1. The number of carbonyl (C=O) groups is 1. The summed E-state index contributed by atoms with van der Waals surface area (Å²) in [6, 6.07) is 7.12. The van der Waals surface area contributed by atoms with Crippen molar-refractivity contribution in [2.24, 2.45) is 5.92 Å². The number of ether oxygens (including phenoxy) is 1. The molecule has 1 aliphatic heterocycles. The van der Waals surface area contributed by atoms with E-state index in [2.05, 4.69) is 67.7 Å². The van der Waals surface area contributed by atoms with Gasteiger partial charge < -0.3 is 18.4 Å². The van der Waals surface area contributed by atoms with Crippen molar-refractivity contribution in [1.29, 1.82) is 0 Å². The molecule has 0 aromatic heterocycles. The lowest BCUT2D eigenvalue weighted by molar-refractivity contribution is -0.110. The smallest absolute Gasteiger partial charge is 0.192 e. The van der Waals surface area contributed by atoms with E-state index in [0.29, 0.717) is 24.3 Å². The predicted octanol–water partition coefficient (Wildman–Crippen LogP) is 7.19. The molecule has 39 heavy (non-hydrogen) atoms. The van der Waals surface area contributed by atoms with Crippen LogP contribution in [-0.4, -0.2) is 62.0 Å². The summed E-state index contributed by atoms with van der Waals surface area (Å²) in [6.07, 6.45) is 2.35. The summed E-state index contributed by atoms with van der Waals surface area (Å²) in [5.41, 5.74) is 1.10. The zero-order valence-electron chi connectivity index (χ0n) is 26.3. The topological polar surface area (TPSA) is 78.9 Å². The highest BCUT2D eigenvalue weighted by Gasteiger charge is 2.44. The number of sulfone groups is 1. The van der Waals surface area contributed by atoms with Gasteiger partial charge in [-0.15, -0.1) is 0 Å². The Hall–Kier alpha value is -0.846. The number of aryl methyl sites for hydroxylation is 1. The van der Waals surface area contributed by atoms with Gasteiger partial charge in [-0.1, -0.05) is 60.6 Å². The first-order chi connectivity index (χ1) is 17.7. The van der Waals surface area contributed by atoms with Crippen LogP contribution in [0.3, 0.4) is 0 Å². The van der Waals surface area contributed by atoms with E-state index in [1.807, 2.05) is 19.1 Å². The molecule has 6 nitrogen and oxygen atoms in total. The average Bonchev–Trinajstić information content (AvgIpc) is 3.16. The highest BCUT2D eigenvalue weighted by Crippen LogP contribution is 2.41. The minimum absolute atomic E-state index is 0.0261. The molecule has 9 heteroatoms. The molecule has 1 saturated heterocycles. The molecule has 0 radical (unpaired) electrons. The first kappa shape index (κ1) is 34.4. The van der Waals surface area contributed by atoms with Crippen molar-refractivity contribution >= 4 is 32.8 Å². The van der Waals surface area contributed by atoms with E-state index in [1.165, 1.54) is 0 Å². The number of benzene rings is 1. The Morgan fingerprint density at radius 2 is 1.56 bits per heavy atom. The Bertz CT molecular complexity index is 1040. The van der Waals surface area contributed by atoms with E-state index in [-0.39, 0.29) is 40.4 Å². The first-order valence-corrected chi connectivity index (χ1v) is 21.9. The van der Waals surface area contributed by atoms with Crippen LogP contribution < -0.4 is 0 Å². The molecule has 0 bridgehead atoms. The number of carbonyl (C=O) groups excluding carboxylic acids is 1. The van der Waals surface area contributed by atoms with Crippen LogP contribution in [0.1, 0.15) is 73.3 Å². The third kappa shape index (κ3) is 9.33.